The summed E-state index contributed by atoms with van der Waals surface area (Å²) in [7, 11) is 3.36. The molecule has 0 aliphatic rings. The van der Waals surface area contributed by atoms with Gasteiger partial charge in [0.2, 0.25) is 0 Å². The lowest BCUT2D eigenvalue weighted by Gasteiger charge is -2.20. The lowest BCUT2D eigenvalue weighted by molar-refractivity contribution is 0.410. The van der Waals surface area contributed by atoms with Gasteiger partial charge in [-0.3, -0.25) is 4.98 Å². The zero-order valence-corrected chi connectivity index (χ0v) is 12.0. The standard InChI is InChI=1S/C16H19FN2O/c1-4-11-10-19-8-7-13(11)16(18-2)14-6-5-12(20-3)9-15(14)17/h5-10,16,18H,4H2,1-3H3. The molecule has 1 aromatic heterocycles. The van der Waals surface area contributed by atoms with E-state index in [4.69, 9.17) is 4.74 Å². The Hall–Kier alpha value is -1.94. The molecule has 0 fully saturated rings. The number of hydrogen-bond acceptors (Lipinski definition) is 3. The summed E-state index contributed by atoms with van der Waals surface area (Å²) in [6.07, 6.45) is 4.43. The molecule has 1 N–H and O–H groups in total. The molecule has 0 saturated carbocycles. The first kappa shape index (κ1) is 14.5. The molecule has 1 aromatic carbocycles. The van der Waals surface area contributed by atoms with E-state index in [0.717, 1.165) is 17.5 Å². The van der Waals surface area contributed by atoms with E-state index in [2.05, 4.69) is 17.2 Å². The number of rotatable bonds is 5. The van der Waals surface area contributed by atoms with Crippen LogP contribution in [-0.4, -0.2) is 19.1 Å². The average molecular weight is 274 g/mol. The molecule has 0 bridgehead atoms. The number of hydrogen-bond donors (Lipinski definition) is 1. The average Bonchev–Trinajstić information content (AvgIpc) is 2.50. The Morgan fingerprint density at radius 3 is 2.70 bits per heavy atom. The molecular formula is C16H19FN2O. The minimum absolute atomic E-state index is 0.196. The van der Waals surface area contributed by atoms with Gasteiger partial charge in [-0.15, -0.1) is 0 Å². The Morgan fingerprint density at radius 1 is 1.30 bits per heavy atom. The molecule has 1 heterocycles. The molecule has 0 spiro atoms. The predicted octanol–water partition coefficient (Wildman–Crippen LogP) is 3.10. The van der Waals surface area contributed by atoms with Crippen LogP contribution in [0.1, 0.15) is 29.7 Å². The summed E-state index contributed by atoms with van der Waals surface area (Å²) < 4.78 is 19.3. The fourth-order valence-electron chi connectivity index (χ4n) is 2.36. The molecule has 2 rings (SSSR count). The third-order valence-corrected chi connectivity index (χ3v) is 3.44. The summed E-state index contributed by atoms with van der Waals surface area (Å²) in [4.78, 5) is 4.13. The molecule has 0 aliphatic heterocycles. The third kappa shape index (κ3) is 2.80. The van der Waals surface area contributed by atoms with E-state index >= 15 is 0 Å². The fraction of sp³-hybridized carbons (Fsp3) is 0.312. The van der Waals surface area contributed by atoms with Crippen molar-refractivity contribution in [1.82, 2.24) is 10.3 Å². The Labute approximate surface area is 118 Å². The lowest BCUT2D eigenvalue weighted by atomic mass is 9.94. The van der Waals surface area contributed by atoms with E-state index < -0.39 is 0 Å². The molecular weight excluding hydrogens is 255 g/mol. The second-order valence-electron chi connectivity index (χ2n) is 4.54. The highest BCUT2D eigenvalue weighted by atomic mass is 19.1. The number of aryl methyl sites for hydroxylation is 1. The number of aromatic nitrogens is 1. The summed E-state index contributed by atoms with van der Waals surface area (Å²) in [5, 5.41) is 3.18. The molecule has 106 valence electrons. The van der Waals surface area contributed by atoms with Gasteiger partial charge in [0.1, 0.15) is 11.6 Å². The summed E-state index contributed by atoms with van der Waals surface area (Å²) in [5.74, 6) is 0.245. The highest BCUT2D eigenvalue weighted by Gasteiger charge is 2.19. The Kier molecular flexibility index (Phi) is 4.69. The fourth-order valence-corrected chi connectivity index (χ4v) is 2.36. The summed E-state index contributed by atoms with van der Waals surface area (Å²) >= 11 is 0. The van der Waals surface area contributed by atoms with Crippen molar-refractivity contribution in [3.8, 4) is 5.75 Å². The van der Waals surface area contributed by atoms with Crippen LogP contribution in [0, 0.1) is 5.82 Å². The Morgan fingerprint density at radius 2 is 2.10 bits per heavy atom. The van der Waals surface area contributed by atoms with Crippen molar-refractivity contribution >= 4 is 0 Å². The summed E-state index contributed by atoms with van der Waals surface area (Å²) in [5.41, 5.74) is 2.77. The molecule has 0 amide bonds. The number of methoxy groups -OCH3 is 1. The van der Waals surface area contributed by atoms with Crippen LogP contribution in [0.3, 0.4) is 0 Å². The van der Waals surface area contributed by atoms with Crippen LogP contribution in [0.2, 0.25) is 0 Å². The third-order valence-electron chi connectivity index (χ3n) is 3.44. The van der Waals surface area contributed by atoms with Gasteiger partial charge in [0.25, 0.3) is 0 Å². The number of ether oxygens (including phenoxy) is 1. The van der Waals surface area contributed by atoms with Crippen molar-refractivity contribution in [2.75, 3.05) is 14.2 Å². The minimum atomic E-state index is -0.275. The highest BCUT2D eigenvalue weighted by Crippen LogP contribution is 2.28. The van der Waals surface area contributed by atoms with E-state index in [-0.39, 0.29) is 11.9 Å². The SMILES string of the molecule is CCc1cnccc1C(NC)c1ccc(OC)cc1F. The van der Waals surface area contributed by atoms with E-state index in [1.807, 2.05) is 19.3 Å². The van der Waals surface area contributed by atoms with Crippen LogP contribution in [0.15, 0.2) is 36.7 Å². The smallest absolute Gasteiger partial charge is 0.132 e. The number of benzene rings is 1. The molecule has 1 unspecified atom stereocenters. The van der Waals surface area contributed by atoms with E-state index in [1.165, 1.54) is 13.2 Å². The van der Waals surface area contributed by atoms with Crippen LogP contribution < -0.4 is 10.1 Å². The summed E-state index contributed by atoms with van der Waals surface area (Å²) in [6, 6.07) is 6.68. The number of halogens is 1. The van der Waals surface area contributed by atoms with E-state index in [1.54, 1.807) is 18.3 Å². The lowest BCUT2D eigenvalue weighted by Crippen LogP contribution is -2.20. The molecule has 2 aromatic rings. The molecule has 0 aliphatic carbocycles. The molecule has 3 nitrogen and oxygen atoms in total. The minimum Gasteiger partial charge on any atom is -0.497 e. The highest BCUT2D eigenvalue weighted by molar-refractivity contribution is 5.39. The second-order valence-corrected chi connectivity index (χ2v) is 4.54. The Balaban J connectivity index is 2.47. The maximum atomic E-state index is 14.3. The van der Waals surface area contributed by atoms with Crippen molar-refractivity contribution in [2.45, 2.75) is 19.4 Å². The number of nitrogens with zero attached hydrogens (tertiary/aromatic N) is 1. The second kappa shape index (κ2) is 6.48. The van der Waals surface area contributed by atoms with Crippen molar-refractivity contribution in [2.24, 2.45) is 0 Å². The molecule has 4 heteroatoms. The quantitative estimate of drug-likeness (QED) is 0.909. The van der Waals surface area contributed by atoms with Crippen LogP contribution >= 0.6 is 0 Å². The van der Waals surface area contributed by atoms with Crippen LogP contribution in [-0.2, 0) is 6.42 Å². The Bertz CT molecular complexity index is 586. The molecule has 1 atom stereocenters. The van der Waals surface area contributed by atoms with Crippen molar-refractivity contribution in [3.63, 3.8) is 0 Å². The first-order chi connectivity index (χ1) is 9.71. The van der Waals surface area contributed by atoms with E-state index in [9.17, 15) is 4.39 Å². The maximum absolute atomic E-state index is 14.3. The summed E-state index contributed by atoms with van der Waals surface area (Å²) in [6.45, 7) is 2.07. The molecule has 20 heavy (non-hydrogen) atoms. The van der Waals surface area contributed by atoms with Gasteiger partial charge >= 0.3 is 0 Å². The number of nitrogens with one attached hydrogen (secondary N) is 1. The molecule has 0 saturated heterocycles. The van der Waals surface area contributed by atoms with E-state index in [0.29, 0.717) is 11.3 Å². The normalized spacial score (nSPS) is 12.2. The van der Waals surface area contributed by atoms with Gasteiger partial charge in [-0.1, -0.05) is 13.0 Å². The van der Waals surface area contributed by atoms with Gasteiger partial charge in [0, 0.05) is 24.0 Å². The molecule has 0 radical (unpaired) electrons. The van der Waals surface area contributed by atoms with Gasteiger partial charge in [-0.25, -0.2) is 4.39 Å². The maximum Gasteiger partial charge on any atom is 0.132 e. The zero-order valence-electron chi connectivity index (χ0n) is 12.0. The monoisotopic (exact) mass is 274 g/mol. The van der Waals surface area contributed by atoms with Crippen molar-refractivity contribution in [1.29, 1.82) is 0 Å². The van der Waals surface area contributed by atoms with Crippen LogP contribution in [0.25, 0.3) is 0 Å². The van der Waals surface area contributed by atoms with Gasteiger partial charge in [0.15, 0.2) is 0 Å². The van der Waals surface area contributed by atoms with Gasteiger partial charge < -0.3 is 10.1 Å². The topological polar surface area (TPSA) is 34.2 Å². The van der Waals surface area contributed by atoms with Gasteiger partial charge in [-0.2, -0.15) is 0 Å². The van der Waals surface area contributed by atoms with Crippen LogP contribution in [0.4, 0.5) is 4.39 Å². The van der Waals surface area contributed by atoms with Gasteiger partial charge in [0.05, 0.1) is 13.2 Å². The van der Waals surface area contributed by atoms with Crippen molar-refractivity contribution < 1.29 is 9.13 Å². The van der Waals surface area contributed by atoms with Crippen molar-refractivity contribution in [3.05, 3.63) is 59.2 Å². The number of pyridine rings is 1. The first-order valence-corrected chi connectivity index (χ1v) is 6.64. The zero-order chi connectivity index (χ0) is 14.5. The predicted molar refractivity (Wildman–Crippen MR) is 77.5 cm³/mol. The van der Waals surface area contributed by atoms with Gasteiger partial charge in [-0.05, 0) is 36.7 Å². The first-order valence-electron chi connectivity index (χ1n) is 6.64. The van der Waals surface area contributed by atoms with Crippen LogP contribution in [0.5, 0.6) is 5.75 Å². The largest absolute Gasteiger partial charge is 0.497 e.